The molecule has 1 aromatic heterocycles. The molecule has 2 aliphatic rings. The largest absolute Gasteiger partial charge is 0.355 e. The Kier molecular flexibility index (Phi) is 6.55. The van der Waals surface area contributed by atoms with Crippen molar-refractivity contribution in [3.63, 3.8) is 0 Å². The Bertz CT molecular complexity index is 987. The smallest absolute Gasteiger partial charge is 0.290 e. The van der Waals surface area contributed by atoms with Crippen molar-refractivity contribution in [2.24, 2.45) is 5.92 Å². The first kappa shape index (κ1) is 22.4. The van der Waals surface area contributed by atoms with Gasteiger partial charge in [-0.25, -0.2) is 13.8 Å². The monoisotopic (exact) mass is 446 g/mol. The van der Waals surface area contributed by atoms with E-state index >= 15 is 0 Å². The van der Waals surface area contributed by atoms with Gasteiger partial charge in [0.2, 0.25) is 5.91 Å². The number of hydrogen-bond donors (Lipinski definition) is 0. The van der Waals surface area contributed by atoms with Gasteiger partial charge in [0, 0.05) is 45.4 Å². The molecule has 1 aliphatic carbocycles. The number of rotatable bonds is 5. The van der Waals surface area contributed by atoms with Crippen LogP contribution in [0.4, 0.5) is 8.78 Å². The van der Waals surface area contributed by atoms with Crippen LogP contribution < -0.4 is 0 Å². The fraction of sp³-hybridized carbons (Fsp3) is 0.522. The molecule has 9 heteroatoms. The quantitative estimate of drug-likeness (QED) is 0.700. The van der Waals surface area contributed by atoms with Crippen LogP contribution in [-0.4, -0.2) is 65.1 Å². The highest BCUT2D eigenvalue weighted by Gasteiger charge is 2.37. The summed E-state index contributed by atoms with van der Waals surface area (Å²) in [7, 11) is 3.49. The lowest BCUT2D eigenvalue weighted by molar-refractivity contribution is -0.138. The predicted octanol–water partition coefficient (Wildman–Crippen LogP) is 3.72. The number of aromatic nitrogens is 1. The normalized spacial score (nSPS) is 19.8. The van der Waals surface area contributed by atoms with Gasteiger partial charge >= 0.3 is 0 Å². The number of carbonyl (C=O) groups is 2. The van der Waals surface area contributed by atoms with Crippen molar-refractivity contribution in [2.75, 3.05) is 27.2 Å². The van der Waals surface area contributed by atoms with Gasteiger partial charge in [0.15, 0.2) is 11.5 Å². The van der Waals surface area contributed by atoms with E-state index in [1.807, 2.05) is 5.01 Å². The van der Waals surface area contributed by atoms with Crippen molar-refractivity contribution >= 4 is 11.8 Å². The van der Waals surface area contributed by atoms with Gasteiger partial charge in [-0.1, -0.05) is 18.0 Å². The van der Waals surface area contributed by atoms with Gasteiger partial charge in [0.05, 0.1) is 11.5 Å². The molecule has 1 saturated carbocycles. The zero-order valence-electron chi connectivity index (χ0n) is 18.4. The first-order valence-electron chi connectivity index (χ1n) is 11.1. The molecule has 2 fully saturated rings. The molecule has 2 aromatic rings. The molecule has 0 radical (unpaired) electrons. The van der Waals surface area contributed by atoms with E-state index < -0.39 is 11.6 Å². The first-order valence-corrected chi connectivity index (χ1v) is 11.1. The number of amides is 2. The summed E-state index contributed by atoms with van der Waals surface area (Å²) in [6.45, 7) is 1.15. The zero-order chi connectivity index (χ0) is 22.8. The van der Waals surface area contributed by atoms with E-state index in [9.17, 15) is 18.4 Å². The second kappa shape index (κ2) is 9.36. The average Bonchev–Trinajstić information content (AvgIpc) is 3.46. The van der Waals surface area contributed by atoms with E-state index in [1.165, 1.54) is 12.1 Å². The third-order valence-electron chi connectivity index (χ3n) is 6.30. The van der Waals surface area contributed by atoms with Crippen LogP contribution in [0.15, 0.2) is 28.8 Å². The SMILES string of the molecule is CN(C)C(=O)[C@@H]1CCCN(N(C(=O)c2cc(-c3ccc(F)cc3F)on2)C2CCCC2)C1. The molecule has 2 heterocycles. The minimum absolute atomic E-state index is 0.0263. The highest BCUT2D eigenvalue weighted by Crippen LogP contribution is 2.31. The number of piperidine rings is 1. The number of hydrogen-bond acceptors (Lipinski definition) is 5. The van der Waals surface area contributed by atoms with Gasteiger partial charge in [-0.2, -0.15) is 0 Å². The molecule has 1 atom stereocenters. The maximum Gasteiger partial charge on any atom is 0.290 e. The van der Waals surface area contributed by atoms with Crippen molar-refractivity contribution in [1.29, 1.82) is 0 Å². The first-order chi connectivity index (χ1) is 15.3. The maximum absolute atomic E-state index is 14.2. The molecule has 172 valence electrons. The van der Waals surface area contributed by atoms with Crippen molar-refractivity contribution < 1.29 is 22.9 Å². The molecule has 7 nitrogen and oxygen atoms in total. The average molecular weight is 446 g/mol. The van der Waals surface area contributed by atoms with Gasteiger partial charge in [-0.3, -0.25) is 14.6 Å². The van der Waals surface area contributed by atoms with Gasteiger partial charge in [-0.15, -0.1) is 0 Å². The molecular weight excluding hydrogens is 418 g/mol. The molecule has 2 amide bonds. The second-order valence-electron chi connectivity index (χ2n) is 8.77. The Morgan fingerprint density at radius 3 is 2.53 bits per heavy atom. The number of nitrogens with zero attached hydrogens (tertiary/aromatic N) is 4. The minimum Gasteiger partial charge on any atom is -0.355 e. The molecule has 1 aromatic carbocycles. The van der Waals surface area contributed by atoms with E-state index in [-0.39, 0.29) is 40.8 Å². The van der Waals surface area contributed by atoms with E-state index in [2.05, 4.69) is 5.16 Å². The molecule has 4 rings (SSSR count). The third-order valence-corrected chi connectivity index (χ3v) is 6.30. The Morgan fingerprint density at radius 1 is 1.09 bits per heavy atom. The van der Waals surface area contributed by atoms with Gasteiger partial charge in [0.1, 0.15) is 11.6 Å². The number of halogens is 2. The van der Waals surface area contributed by atoms with Gasteiger partial charge < -0.3 is 9.42 Å². The molecule has 0 spiro atoms. The van der Waals surface area contributed by atoms with E-state index in [0.717, 1.165) is 50.7 Å². The Labute approximate surface area is 185 Å². The van der Waals surface area contributed by atoms with E-state index in [4.69, 9.17) is 4.52 Å². The summed E-state index contributed by atoms with van der Waals surface area (Å²) in [6, 6.07) is 4.57. The topological polar surface area (TPSA) is 69.9 Å². The predicted molar refractivity (Wildman–Crippen MR) is 113 cm³/mol. The summed E-state index contributed by atoms with van der Waals surface area (Å²) in [6.07, 6.45) is 5.43. The fourth-order valence-corrected chi connectivity index (χ4v) is 4.70. The van der Waals surface area contributed by atoms with Gasteiger partial charge in [0.25, 0.3) is 5.91 Å². The fourth-order valence-electron chi connectivity index (χ4n) is 4.70. The van der Waals surface area contributed by atoms with Crippen LogP contribution in [-0.2, 0) is 4.79 Å². The van der Waals surface area contributed by atoms with Crippen LogP contribution in [0, 0.1) is 17.6 Å². The number of carbonyl (C=O) groups excluding carboxylic acids is 2. The summed E-state index contributed by atoms with van der Waals surface area (Å²) in [5.74, 6) is -1.85. The summed E-state index contributed by atoms with van der Waals surface area (Å²) >= 11 is 0. The molecule has 1 saturated heterocycles. The molecule has 0 bridgehead atoms. The van der Waals surface area contributed by atoms with Crippen LogP contribution in [0.1, 0.15) is 49.0 Å². The van der Waals surface area contributed by atoms with Crippen LogP contribution in [0.5, 0.6) is 0 Å². The number of benzene rings is 1. The number of hydrazine groups is 1. The molecule has 0 N–H and O–H groups in total. The highest BCUT2D eigenvalue weighted by molar-refractivity contribution is 5.93. The summed E-state index contributed by atoms with van der Waals surface area (Å²) in [5.41, 5.74) is 0.108. The third kappa shape index (κ3) is 4.53. The van der Waals surface area contributed by atoms with Crippen LogP contribution >= 0.6 is 0 Å². The van der Waals surface area contributed by atoms with Crippen molar-refractivity contribution in [2.45, 2.75) is 44.6 Å². The summed E-state index contributed by atoms with van der Waals surface area (Å²) < 4.78 is 32.6. The Morgan fingerprint density at radius 2 is 1.84 bits per heavy atom. The molecular formula is C23H28F2N4O3. The Balaban J connectivity index is 1.59. The Hall–Kier alpha value is -2.81. The summed E-state index contributed by atoms with van der Waals surface area (Å²) in [5, 5.41) is 7.61. The zero-order valence-corrected chi connectivity index (χ0v) is 18.4. The molecule has 32 heavy (non-hydrogen) atoms. The van der Waals surface area contributed by atoms with Crippen molar-refractivity contribution in [1.82, 2.24) is 20.1 Å². The lowest BCUT2D eigenvalue weighted by Crippen LogP contribution is -2.56. The van der Waals surface area contributed by atoms with E-state index in [1.54, 1.807) is 24.0 Å². The van der Waals surface area contributed by atoms with Crippen LogP contribution in [0.2, 0.25) is 0 Å². The second-order valence-corrected chi connectivity index (χ2v) is 8.77. The highest BCUT2D eigenvalue weighted by atomic mass is 19.1. The molecule has 0 unspecified atom stereocenters. The lowest BCUT2D eigenvalue weighted by atomic mass is 9.97. The minimum atomic E-state index is -0.783. The maximum atomic E-state index is 14.2. The lowest BCUT2D eigenvalue weighted by Gasteiger charge is -2.43. The van der Waals surface area contributed by atoms with Crippen molar-refractivity contribution in [3.05, 3.63) is 41.6 Å². The standard InChI is InChI=1S/C23H28F2N4O3/c1-27(2)22(30)15-6-5-11-28(14-15)29(17-7-3-4-8-17)23(31)20-13-21(32-26-20)18-10-9-16(24)12-19(18)25/h9-10,12-13,15,17H,3-8,11,14H2,1-2H3/t15-/m1/s1. The van der Waals surface area contributed by atoms with Crippen LogP contribution in [0.3, 0.4) is 0 Å². The summed E-state index contributed by atoms with van der Waals surface area (Å²) in [4.78, 5) is 27.7. The van der Waals surface area contributed by atoms with Gasteiger partial charge in [-0.05, 0) is 37.8 Å². The van der Waals surface area contributed by atoms with Crippen LogP contribution in [0.25, 0.3) is 11.3 Å². The van der Waals surface area contributed by atoms with E-state index in [0.29, 0.717) is 13.1 Å². The molecule has 1 aliphatic heterocycles. The van der Waals surface area contributed by atoms with Crippen molar-refractivity contribution in [3.8, 4) is 11.3 Å².